The molecule has 0 nitrogen and oxygen atoms in total. The summed E-state index contributed by atoms with van der Waals surface area (Å²) in [6, 6.07) is 6.28. The van der Waals surface area contributed by atoms with Crippen molar-refractivity contribution >= 4 is 5.57 Å². The lowest BCUT2D eigenvalue weighted by molar-refractivity contribution is 0.556. The van der Waals surface area contributed by atoms with Crippen molar-refractivity contribution in [3.05, 3.63) is 52.6 Å². The van der Waals surface area contributed by atoms with Crippen LogP contribution < -0.4 is 0 Å². The van der Waals surface area contributed by atoms with Crippen LogP contribution in [0.15, 0.2) is 35.9 Å². The molecule has 0 aliphatic heterocycles. The zero-order valence-corrected chi connectivity index (χ0v) is 11.8. The predicted molar refractivity (Wildman–Crippen MR) is 76.2 cm³/mol. The Morgan fingerprint density at radius 2 is 1.95 bits per heavy atom. The van der Waals surface area contributed by atoms with E-state index in [-0.39, 0.29) is 0 Å². The van der Waals surface area contributed by atoms with Crippen molar-refractivity contribution in [2.45, 2.75) is 40.0 Å². The average Bonchev–Trinajstić information content (AvgIpc) is 2.74. The van der Waals surface area contributed by atoms with Crippen molar-refractivity contribution in [1.82, 2.24) is 0 Å². The zero-order valence-electron chi connectivity index (χ0n) is 11.8. The van der Waals surface area contributed by atoms with E-state index in [1.54, 1.807) is 0 Å². The van der Waals surface area contributed by atoms with E-state index < -0.39 is 11.7 Å². The van der Waals surface area contributed by atoms with Gasteiger partial charge >= 0.3 is 0 Å². The summed E-state index contributed by atoms with van der Waals surface area (Å²) in [5, 5.41) is 0. The van der Waals surface area contributed by atoms with Crippen LogP contribution in [0, 0.1) is 5.92 Å². The lowest BCUT2D eigenvalue weighted by Gasteiger charge is -2.08. The van der Waals surface area contributed by atoms with Gasteiger partial charge in [-0.2, -0.15) is 0 Å². The maximum Gasteiger partial charge on any atom is 0.154 e. The van der Waals surface area contributed by atoms with Crippen molar-refractivity contribution in [2.75, 3.05) is 0 Å². The molecule has 0 amide bonds. The molecule has 0 bridgehead atoms. The monoisotopic (exact) mass is 262 g/mol. The van der Waals surface area contributed by atoms with Gasteiger partial charge in [-0.05, 0) is 60.4 Å². The Balaban J connectivity index is 2.36. The molecule has 0 saturated heterocycles. The van der Waals surface area contributed by atoms with Gasteiger partial charge in [-0.3, -0.25) is 0 Å². The highest BCUT2D eigenvalue weighted by molar-refractivity contribution is 5.68. The summed E-state index contributed by atoms with van der Waals surface area (Å²) >= 11 is 0. The van der Waals surface area contributed by atoms with E-state index >= 15 is 0 Å². The smallest absolute Gasteiger partial charge is 0.154 e. The van der Waals surface area contributed by atoms with Gasteiger partial charge in [0.15, 0.2) is 5.83 Å². The number of fused-ring (bicyclic) bond motifs is 1. The Bertz CT molecular complexity index is 534. The molecule has 0 fully saturated rings. The van der Waals surface area contributed by atoms with Crippen LogP contribution in [0.25, 0.3) is 5.57 Å². The second-order valence-corrected chi connectivity index (χ2v) is 5.40. The molecule has 0 heterocycles. The van der Waals surface area contributed by atoms with Crippen LogP contribution in [-0.2, 0) is 12.8 Å². The van der Waals surface area contributed by atoms with Crippen molar-refractivity contribution in [3.63, 3.8) is 0 Å². The molecule has 2 heteroatoms. The number of rotatable bonds is 3. The first-order valence-corrected chi connectivity index (χ1v) is 6.85. The number of benzene rings is 1. The van der Waals surface area contributed by atoms with Crippen LogP contribution in [0.1, 0.15) is 43.9 Å². The maximum absolute atomic E-state index is 13.4. The number of hydrogen-bond donors (Lipinski definition) is 0. The molecule has 0 N–H and O–H groups in total. The molecule has 1 aliphatic rings. The van der Waals surface area contributed by atoms with E-state index in [4.69, 9.17) is 0 Å². The number of hydrogen-bond acceptors (Lipinski definition) is 0. The molecule has 1 aromatic rings. The fourth-order valence-corrected chi connectivity index (χ4v) is 2.68. The molecule has 1 aliphatic carbocycles. The highest BCUT2D eigenvalue weighted by Gasteiger charge is 2.18. The maximum atomic E-state index is 13.4. The van der Waals surface area contributed by atoms with E-state index in [0.717, 1.165) is 30.9 Å². The first kappa shape index (κ1) is 14.0. The third-order valence-electron chi connectivity index (χ3n) is 3.72. The minimum absolute atomic E-state index is 0.684. The molecule has 0 spiro atoms. The minimum atomic E-state index is -0.772. The van der Waals surface area contributed by atoms with E-state index in [1.165, 1.54) is 17.2 Å². The van der Waals surface area contributed by atoms with E-state index in [9.17, 15) is 8.78 Å². The van der Waals surface area contributed by atoms with Crippen LogP contribution in [0.5, 0.6) is 0 Å². The van der Waals surface area contributed by atoms with Crippen LogP contribution in [0.4, 0.5) is 8.78 Å². The fourth-order valence-electron chi connectivity index (χ4n) is 2.68. The molecule has 0 aromatic heterocycles. The van der Waals surface area contributed by atoms with Gasteiger partial charge in [0.2, 0.25) is 0 Å². The summed E-state index contributed by atoms with van der Waals surface area (Å²) in [6.45, 7) is 5.34. The Kier molecular flexibility index (Phi) is 4.18. The Morgan fingerprint density at radius 3 is 2.58 bits per heavy atom. The van der Waals surface area contributed by atoms with Gasteiger partial charge in [0.25, 0.3) is 0 Å². The third-order valence-corrected chi connectivity index (χ3v) is 3.72. The van der Waals surface area contributed by atoms with Crippen molar-refractivity contribution in [3.8, 4) is 0 Å². The largest absolute Gasteiger partial charge is 0.209 e. The standard InChI is InChI=1S/C17H20F2/c1-4-13(10-17(19)12(3)18)15-6-5-14-7-11(2)8-16(14)9-15/h5-6,9-11H,4,7-8H2,1-3H3/b13-10+,17-12-. The first-order chi connectivity index (χ1) is 9.01. The molecule has 19 heavy (non-hydrogen) atoms. The van der Waals surface area contributed by atoms with E-state index in [2.05, 4.69) is 19.1 Å². The van der Waals surface area contributed by atoms with Crippen molar-refractivity contribution in [1.29, 1.82) is 0 Å². The fraction of sp³-hybridized carbons (Fsp3) is 0.412. The average molecular weight is 262 g/mol. The predicted octanol–water partition coefficient (Wildman–Crippen LogP) is 5.39. The van der Waals surface area contributed by atoms with Gasteiger partial charge in [0.1, 0.15) is 5.83 Å². The van der Waals surface area contributed by atoms with Gasteiger partial charge in [-0.25, -0.2) is 8.78 Å². The third kappa shape index (κ3) is 3.12. The molecule has 102 valence electrons. The van der Waals surface area contributed by atoms with Gasteiger partial charge in [0, 0.05) is 0 Å². The summed E-state index contributed by atoms with van der Waals surface area (Å²) in [5.74, 6) is -0.851. The van der Waals surface area contributed by atoms with E-state index in [1.807, 2.05) is 13.0 Å². The molecule has 1 aromatic carbocycles. The topological polar surface area (TPSA) is 0 Å². The molecule has 1 atom stereocenters. The Morgan fingerprint density at radius 1 is 1.26 bits per heavy atom. The van der Waals surface area contributed by atoms with E-state index in [0.29, 0.717) is 12.3 Å². The van der Waals surface area contributed by atoms with Crippen LogP contribution >= 0.6 is 0 Å². The first-order valence-electron chi connectivity index (χ1n) is 6.85. The van der Waals surface area contributed by atoms with Crippen molar-refractivity contribution < 1.29 is 8.78 Å². The molecule has 1 unspecified atom stereocenters. The summed E-state index contributed by atoms with van der Waals surface area (Å²) in [7, 11) is 0. The highest BCUT2D eigenvalue weighted by Crippen LogP contribution is 2.30. The minimum Gasteiger partial charge on any atom is -0.209 e. The summed E-state index contributed by atoms with van der Waals surface area (Å²) in [5.41, 5.74) is 4.60. The van der Waals surface area contributed by atoms with Gasteiger partial charge < -0.3 is 0 Å². The van der Waals surface area contributed by atoms with Crippen LogP contribution in [-0.4, -0.2) is 0 Å². The number of halogens is 2. The zero-order chi connectivity index (χ0) is 14.0. The molecule has 0 saturated carbocycles. The Hall–Kier alpha value is -1.44. The SMILES string of the molecule is CC/C(=C\C(F)=C(/C)F)c1ccc2c(c1)CC(C)C2. The molecule has 0 radical (unpaired) electrons. The quantitative estimate of drug-likeness (QED) is 0.641. The Labute approximate surface area is 113 Å². The van der Waals surface area contributed by atoms with Crippen LogP contribution in [0.2, 0.25) is 0 Å². The molecular formula is C17H20F2. The highest BCUT2D eigenvalue weighted by atomic mass is 19.2. The van der Waals surface area contributed by atoms with Crippen molar-refractivity contribution in [2.24, 2.45) is 5.92 Å². The van der Waals surface area contributed by atoms with Gasteiger partial charge in [-0.15, -0.1) is 0 Å². The molecular weight excluding hydrogens is 242 g/mol. The summed E-state index contributed by atoms with van der Waals surface area (Å²) in [4.78, 5) is 0. The summed E-state index contributed by atoms with van der Waals surface area (Å²) < 4.78 is 26.3. The summed E-state index contributed by atoms with van der Waals surface area (Å²) in [6.07, 6.45) is 4.21. The van der Waals surface area contributed by atoms with Gasteiger partial charge in [0.05, 0.1) is 0 Å². The van der Waals surface area contributed by atoms with Gasteiger partial charge in [-0.1, -0.05) is 32.0 Å². The van der Waals surface area contributed by atoms with Crippen LogP contribution in [0.3, 0.4) is 0 Å². The number of allylic oxidation sites excluding steroid dienone is 4. The lowest BCUT2D eigenvalue weighted by Crippen LogP contribution is -1.90. The lowest BCUT2D eigenvalue weighted by atomic mass is 9.98. The second-order valence-electron chi connectivity index (χ2n) is 5.40. The second kappa shape index (κ2) is 5.68. The molecule has 2 rings (SSSR count). The normalized spacial score (nSPS) is 20.3.